The Hall–Kier alpha value is -1.17. The lowest BCUT2D eigenvalue weighted by atomic mass is 10.1. The van der Waals surface area contributed by atoms with E-state index in [0.717, 1.165) is 12.0 Å². The lowest BCUT2D eigenvalue weighted by Gasteiger charge is -2.18. The van der Waals surface area contributed by atoms with Gasteiger partial charge in [0, 0.05) is 6.54 Å². The van der Waals surface area contributed by atoms with Gasteiger partial charge >= 0.3 is 0 Å². The van der Waals surface area contributed by atoms with Gasteiger partial charge in [0.2, 0.25) is 5.91 Å². The normalized spacial score (nSPS) is 22.5. The number of carbonyl (C=O) groups is 1. The number of rotatable bonds is 4. The summed E-state index contributed by atoms with van der Waals surface area (Å²) in [4.78, 5) is 12.1. The molecule has 21 heavy (non-hydrogen) atoms. The molecule has 1 heterocycles. The van der Waals surface area contributed by atoms with Crippen LogP contribution in [0.2, 0.25) is 0 Å². The summed E-state index contributed by atoms with van der Waals surface area (Å²) in [6.45, 7) is 3.97. The topological polar surface area (TPSA) is 64.4 Å². The summed E-state index contributed by atoms with van der Waals surface area (Å²) in [5, 5.41) is 2.86. The number of benzene rings is 1. The Morgan fingerprint density at radius 1 is 1.52 bits per heavy atom. The first-order chi connectivity index (χ1) is 9.51. The van der Waals surface area contributed by atoms with E-state index in [1.165, 1.54) is 6.07 Å². The van der Waals surface area contributed by atoms with Gasteiger partial charge in [-0.1, -0.05) is 12.1 Å². The van der Waals surface area contributed by atoms with E-state index in [4.69, 9.17) is 10.5 Å². The summed E-state index contributed by atoms with van der Waals surface area (Å²) in [7, 11) is 0. The Kier molecular flexibility index (Phi) is 6.58. The summed E-state index contributed by atoms with van der Waals surface area (Å²) in [5.41, 5.74) is 6.86. The number of halogens is 2. The van der Waals surface area contributed by atoms with E-state index in [0.29, 0.717) is 18.5 Å². The number of nitrogens with two attached hydrogens (primary N) is 1. The highest BCUT2D eigenvalue weighted by atomic mass is 35.5. The van der Waals surface area contributed by atoms with Crippen molar-refractivity contribution in [2.45, 2.75) is 44.9 Å². The summed E-state index contributed by atoms with van der Waals surface area (Å²) in [6, 6.07) is 4.74. The average molecular weight is 317 g/mol. The summed E-state index contributed by atoms with van der Waals surface area (Å²) in [6.07, 6.45) is 1.02. The third-order valence-corrected chi connectivity index (χ3v) is 3.72. The molecule has 6 heteroatoms. The molecule has 1 saturated heterocycles. The van der Waals surface area contributed by atoms with Crippen LogP contribution in [0.5, 0.6) is 0 Å². The van der Waals surface area contributed by atoms with Crippen LogP contribution >= 0.6 is 12.4 Å². The fourth-order valence-electron chi connectivity index (χ4n) is 2.34. The molecule has 1 aliphatic rings. The maximum absolute atomic E-state index is 13.5. The van der Waals surface area contributed by atoms with Crippen molar-refractivity contribution < 1.29 is 13.9 Å². The SMILES string of the molecule is Cc1ccc(C(C)NC(=O)[C@@H]2CC[C@H](CN)O2)cc1F.Cl. The molecule has 0 saturated carbocycles. The predicted molar refractivity (Wildman–Crippen MR) is 81.9 cm³/mol. The first-order valence-electron chi connectivity index (χ1n) is 6.93. The fourth-order valence-corrected chi connectivity index (χ4v) is 2.34. The zero-order valence-corrected chi connectivity index (χ0v) is 13.1. The summed E-state index contributed by atoms with van der Waals surface area (Å²) < 4.78 is 19.1. The lowest BCUT2D eigenvalue weighted by molar-refractivity contribution is -0.132. The van der Waals surface area contributed by atoms with Crippen LogP contribution < -0.4 is 11.1 Å². The van der Waals surface area contributed by atoms with Gasteiger partial charge in [0.25, 0.3) is 0 Å². The largest absolute Gasteiger partial charge is 0.364 e. The van der Waals surface area contributed by atoms with Crippen molar-refractivity contribution in [1.82, 2.24) is 5.32 Å². The fraction of sp³-hybridized carbons (Fsp3) is 0.533. The van der Waals surface area contributed by atoms with Gasteiger partial charge in [0.05, 0.1) is 12.1 Å². The van der Waals surface area contributed by atoms with Crippen molar-refractivity contribution in [2.75, 3.05) is 6.54 Å². The highest BCUT2D eigenvalue weighted by Crippen LogP contribution is 2.21. The maximum atomic E-state index is 13.5. The molecule has 0 spiro atoms. The Morgan fingerprint density at radius 2 is 2.24 bits per heavy atom. The van der Waals surface area contributed by atoms with Gasteiger partial charge in [-0.05, 0) is 43.9 Å². The molecular formula is C15H22ClFN2O2. The molecule has 4 nitrogen and oxygen atoms in total. The molecule has 1 fully saturated rings. The molecule has 1 amide bonds. The second-order valence-corrected chi connectivity index (χ2v) is 5.30. The molecule has 3 atom stereocenters. The van der Waals surface area contributed by atoms with Gasteiger partial charge in [-0.2, -0.15) is 0 Å². The quantitative estimate of drug-likeness (QED) is 0.895. The third-order valence-electron chi connectivity index (χ3n) is 3.72. The van der Waals surface area contributed by atoms with Crippen LogP contribution in [0.15, 0.2) is 18.2 Å². The van der Waals surface area contributed by atoms with Crippen LogP contribution in [0, 0.1) is 12.7 Å². The minimum absolute atomic E-state index is 0. The number of hydrogen-bond donors (Lipinski definition) is 2. The average Bonchev–Trinajstić information content (AvgIpc) is 2.90. The van der Waals surface area contributed by atoms with E-state index >= 15 is 0 Å². The van der Waals surface area contributed by atoms with Gasteiger partial charge < -0.3 is 15.8 Å². The number of ether oxygens (including phenoxy) is 1. The van der Waals surface area contributed by atoms with Crippen molar-refractivity contribution in [3.63, 3.8) is 0 Å². The highest BCUT2D eigenvalue weighted by Gasteiger charge is 2.30. The van der Waals surface area contributed by atoms with E-state index in [9.17, 15) is 9.18 Å². The maximum Gasteiger partial charge on any atom is 0.249 e. The minimum Gasteiger partial charge on any atom is -0.364 e. The lowest BCUT2D eigenvalue weighted by Crippen LogP contribution is -2.37. The predicted octanol–water partition coefficient (Wildman–Crippen LogP) is 2.24. The molecule has 1 unspecified atom stereocenters. The van der Waals surface area contributed by atoms with Crippen molar-refractivity contribution in [3.8, 4) is 0 Å². The van der Waals surface area contributed by atoms with Crippen molar-refractivity contribution >= 4 is 18.3 Å². The number of amides is 1. The highest BCUT2D eigenvalue weighted by molar-refractivity contribution is 5.85. The van der Waals surface area contributed by atoms with Crippen molar-refractivity contribution in [2.24, 2.45) is 5.73 Å². The smallest absolute Gasteiger partial charge is 0.249 e. The van der Waals surface area contributed by atoms with E-state index < -0.39 is 6.10 Å². The van der Waals surface area contributed by atoms with Crippen LogP contribution in [-0.2, 0) is 9.53 Å². The second-order valence-electron chi connectivity index (χ2n) is 5.30. The van der Waals surface area contributed by atoms with Gasteiger partial charge in [-0.15, -0.1) is 12.4 Å². The summed E-state index contributed by atoms with van der Waals surface area (Å²) in [5.74, 6) is -0.418. The van der Waals surface area contributed by atoms with Gasteiger partial charge in [-0.25, -0.2) is 4.39 Å². The van der Waals surface area contributed by atoms with Crippen LogP contribution in [-0.4, -0.2) is 24.7 Å². The number of nitrogens with one attached hydrogen (secondary N) is 1. The molecule has 2 rings (SSSR count). The van der Waals surface area contributed by atoms with Gasteiger partial charge in [0.15, 0.2) is 0 Å². The standard InChI is InChI=1S/C15H21FN2O2.ClH/c1-9-3-4-11(7-13(9)16)10(2)18-15(19)14-6-5-12(8-17)20-14;/h3-4,7,10,12,14H,5-6,8,17H2,1-2H3,(H,18,19);1H/t10?,12-,14+;/m1./s1. The molecule has 3 N–H and O–H groups in total. The molecule has 0 aromatic heterocycles. The zero-order valence-electron chi connectivity index (χ0n) is 12.3. The molecule has 0 bridgehead atoms. The molecule has 1 aromatic carbocycles. The molecular weight excluding hydrogens is 295 g/mol. The van der Waals surface area contributed by atoms with E-state index in [1.807, 2.05) is 13.0 Å². The zero-order chi connectivity index (χ0) is 14.7. The van der Waals surface area contributed by atoms with Crippen LogP contribution in [0.3, 0.4) is 0 Å². The Morgan fingerprint density at radius 3 is 2.81 bits per heavy atom. The summed E-state index contributed by atoms with van der Waals surface area (Å²) >= 11 is 0. The van der Waals surface area contributed by atoms with Gasteiger partial charge in [0.1, 0.15) is 11.9 Å². The molecule has 0 aliphatic carbocycles. The Balaban J connectivity index is 0.00000220. The molecule has 1 aliphatic heterocycles. The Bertz CT molecular complexity index is 499. The number of carbonyl (C=O) groups excluding carboxylic acids is 1. The van der Waals surface area contributed by atoms with Crippen molar-refractivity contribution in [3.05, 3.63) is 35.1 Å². The van der Waals surface area contributed by atoms with Gasteiger partial charge in [-0.3, -0.25) is 4.79 Å². The van der Waals surface area contributed by atoms with Crippen LogP contribution in [0.1, 0.15) is 36.9 Å². The second kappa shape index (κ2) is 7.73. The molecule has 1 aromatic rings. The third kappa shape index (κ3) is 4.40. The van der Waals surface area contributed by atoms with E-state index in [2.05, 4.69) is 5.32 Å². The monoisotopic (exact) mass is 316 g/mol. The van der Waals surface area contributed by atoms with E-state index in [-0.39, 0.29) is 36.3 Å². The van der Waals surface area contributed by atoms with Crippen molar-refractivity contribution in [1.29, 1.82) is 0 Å². The molecule has 0 radical (unpaired) electrons. The van der Waals surface area contributed by atoms with Crippen LogP contribution in [0.25, 0.3) is 0 Å². The number of hydrogen-bond acceptors (Lipinski definition) is 3. The first-order valence-corrected chi connectivity index (χ1v) is 6.93. The first kappa shape index (κ1) is 17.9. The van der Waals surface area contributed by atoms with Crippen LogP contribution in [0.4, 0.5) is 4.39 Å². The van der Waals surface area contributed by atoms with E-state index in [1.54, 1.807) is 13.0 Å². The minimum atomic E-state index is -0.443. The molecule has 118 valence electrons. The Labute approximate surface area is 130 Å². The number of aryl methyl sites for hydroxylation is 1.